The van der Waals surface area contributed by atoms with Gasteiger partial charge in [0.2, 0.25) is 0 Å². The zero-order valence-electron chi connectivity index (χ0n) is 17.0. The molecular weight excluding hydrogens is 384 g/mol. The second-order valence-electron chi connectivity index (χ2n) is 7.17. The molecule has 5 nitrogen and oxygen atoms in total. The minimum atomic E-state index is 0.0579. The highest BCUT2D eigenvalue weighted by atomic mass is 35.5. The molecule has 3 aromatic rings. The Balaban J connectivity index is 1.73. The molecule has 152 valence electrons. The number of ether oxygens (including phenoxy) is 1. The molecule has 1 aromatic carbocycles. The lowest BCUT2D eigenvalue weighted by molar-refractivity contribution is 0.185. The lowest BCUT2D eigenvalue weighted by atomic mass is 10.0. The van der Waals surface area contributed by atoms with E-state index in [1.165, 1.54) is 11.1 Å². The lowest BCUT2D eigenvalue weighted by Gasteiger charge is -2.23. The number of aryl methyl sites for hydroxylation is 1. The van der Waals surface area contributed by atoms with Gasteiger partial charge >= 0.3 is 0 Å². The first kappa shape index (κ1) is 21.1. The maximum absolute atomic E-state index is 5.90. The van der Waals surface area contributed by atoms with Crippen molar-refractivity contribution in [2.75, 3.05) is 24.4 Å². The van der Waals surface area contributed by atoms with E-state index in [9.17, 15) is 0 Å². The molecule has 0 radical (unpaired) electrons. The van der Waals surface area contributed by atoms with E-state index < -0.39 is 0 Å². The molecular formula is C23H27ClN4O. The smallest absolute Gasteiger partial charge is 0.149 e. The Morgan fingerprint density at radius 1 is 1.03 bits per heavy atom. The van der Waals surface area contributed by atoms with Crippen molar-refractivity contribution >= 4 is 23.1 Å². The molecule has 0 aliphatic heterocycles. The molecule has 0 aliphatic carbocycles. The fraction of sp³-hybridized carbons (Fsp3) is 0.304. The molecule has 0 bridgehead atoms. The van der Waals surface area contributed by atoms with Crippen molar-refractivity contribution < 1.29 is 4.74 Å². The van der Waals surface area contributed by atoms with E-state index in [4.69, 9.17) is 16.3 Å². The number of anilines is 2. The first-order chi connectivity index (χ1) is 14.0. The van der Waals surface area contributed by atoms with Crippen LogP contribution >= 0.6 is 11.6 Å². The summed E-state index contributed by atoms with van der Waals surface area (Å²) in [5.41, 5.74) is 4.50. The number of hydrogen-bond acceptors (Lipinski definition) is 5. The van der Waals surface area contributed by atoms with Gasteiger partial charge in [0.25, 0.3) is 0 Å². The Hall–Kier alpha value is -2.63. The molecule has 2 unspecified atom stereocenters. The predicted molar refractivity (Wildman–Crippen MR) is 120 cm³/mol. The third-order valence-electron chi connectivity index (χ3n) is 4.74. The third kappa shape index (κ3) is 6.17. The van der Waals surface area contributed by atoms with Gasteiger partial charge in [-0.25, -0.2) is 9.97 Å². The topological polar surface area (TPSA) is 59.1 Å². The summed E-state index contributed by atoms with van der Waals surface area (Å²) in [6.07, 6.45) is 4.42. The molecule has 2 heterocycles. The number of halogens is 1. The van der Waals surface area contributed by atoms with E-state index in [1.807, 2.05) is 18.2 Å². The van der Waals surface area contributed by atoms with Crippen LogP contribution in [0.25, 0.3) is 0 Å². The number of aromatic nitrogens is 2. The third-order valence-corrected chi connectivity index (χ3v) is 4.96. The van der Waals surface area contributed by atoms with E-state index in [2.05, 4.69) is 58.7 Å². The summed E-state index contributed by atoms with van der Waals surface area (Å²) in [5, 5.41) is 7.55. The van der Waals surface area contributed by atoms with Crippen molar-refractivity contribution in [2.24, 2.45) is 0 Å². The summed E-state index contributed by atoms with van der Waals surface area (Å²) in [7, 11) is 1.72. The highest BCUT2D eigenvalue weighted by Gasteiger charge is 2.15. The summed E-state index contributed by atoms with van der Waals surface area (Å²) in [4.78, 5) is 8.72. The molecule has 2 atom stereocenters. The number of nitrogens with one attached hydrogen (secondary N) is 2. The monoisotopic (exact) mass is 410 g/mol. The fourth-order valence-electron chi connectivity index (χ4n) is 3.15. The standard InChI is InChI=1S/C23H27ClN4O/c1-16-6-8-18(9-7-16)13-20(15-29-3)28-23-21(5-4-12-25-23)27-17(2)19-10-11-22(24)26-14-19/h4-12,14,17,20,27H,13,15H2,1-3H3,(H,25,28). The fourth-order valence-corrected chi connectivity index (χ4v) is 3.26. The number of benzene rings is 1. The molecule has 0 fully saturated rings. The lowest BCUT2D eigenvalue weighted by Crippen LogP contribution is -2.28. The van der Waals surface area contributed by atoms with Crippen molar-refractivity contribution in [3.63, 3.8) is 0 Å². The molecule has 0 aliphatic rings. The molecule has 3 rings (SSSR count). The van der Waals surface area contributed by atoms with Crippen LogP contribution in [0, 0.1) is 6.92 Å². The van der Waals surface area contributed by atoms with Crippen LogP contribution in [-0.4, -0.2) is 29.7 Å². The summed E-state index contributed by atoms with van der Waals surface area (Å²) >= 11 is 5.90. The zero-order valence-corrected chi connectivity index (χ0v) is 17.8. The Morgan fingerprint density at radius 3 is 2.52 bits per heavy atom. The minimum absolute atomic E-state index is 0.0579. The van der Waals surface area contributed by atoms with E-state index in [0.717, 1.165) is 23.5 Å². The van der Waals surface area contributed by atoms with Crippen molar-refractivity contribution in [1.29, 1.82) is 0 Å². The predicted octanol–water partition coefficient (Wildman–Crippen LogP) is 5.28. The van der Waals surface area contributed by atoms with Gasteiger partial charge in [0.05, 0.1) is 24.4 Å². The molecule has 0 amide bonds. The van der Waals surface area contributed by atoms with Gasteiger partial charge in [0.1, 0.15) is 11.0 Å². The van der Waals surface area contributed by atoms with Crippen molar-refractivity contribution in [1.82, 2.24) is 9.97 Å². The molecule has 29 heavy (non-hydrogen) atoms. The Kier molecular flexibility index (Phi) is 7.44. The van der Waals surface area contributed by atoms with Gasteiger partial charge in [-0.15, -0.1) is 0 Å². The second-order valence-corrected chi connectivity index (χ2v) is 7.55. The normalized spacial score (nSPS) is 13.0. The Bertz CT molecular complexity index is 900. The summed E-state index contributed by atoms with van der Waals surface area (Å²) in [6, 6.07) is 16.5. The van der Waals surface area contributed by atoms with Gasteiger partial charge in [0.15, 0.2) is 0 Å². The van der Waals surface area contributed by atoms with Crippen molar-refractivity contribution in [2.45, 2.75) is 32.4 Å². The molecule has 6 heteroatoms. The van der Waals surface area contributed by atoms with E-state index >= 15 is 0 Å². The number of rotatable bonds is 9. The number of nitrogens with zero attached hydrogens (tertiary/aromatic N) is 2. The number of methoxy groups -OCH3 is 1. The zero-order chi connectivity index (χ0) is 20.6. The summed E-state index contributed by atoms with van der Waals surface area (Å²) in [5.74, 6) is 0.801. The quantitative estimate of drug-likeness (QED) is 0.470. The Morgan fingerprint density at radius 2 is 1.83 bits per heavy atom. The highest BCUT2D eigenvalue weighted by Crippen LogP contribution is 2.25. The largest absolute Gasteiger partial charge is 0.383 e. The van der Waals surface area contributed by atoms with Gasteiger partial charge in [0, 0.05) is 19.5 Å². The van der Waals surface area contributed by atoms with Crippen LogP contribution in [0.15, 0.2) is 60.9 Å². The minimum Gasteiger partial charge on any atom is -0.383 e. The molecule has 2 aromatic heterocycles. The SMILES string of the molecule is COCC(Cc1ccc(C)cc1)Nc1ncccc1NC(C)c1ccc(Cl)nc1. The maximum atomic E-state index is 5.90. The summed E-state index contributed by atoms with van der Waals surface area (Å²) < 4.78 is 5.44. The maximum Gasteiger partial charge on any atom is 0.149 e. The second kappa shape index (κ2) is 10.2. The van der Waals surface area contributed by atoms with Crippen LogP contribution in [-0.2, 0) is 11.2 Å². The van der Waals surface area contributed by atoms with Gasteiger partial charge in [-0.2, -0.15) is 0 Å². The molecule has 0 saturated heterocycles. The van der Waals surface area contributed by atoms with Crippen LogP contribution in [0.5, 0.6) is 0 Å². The van der Waals surface area contributed by atoms with E-state index in [-0.39, 0.29) is 12.1 Å². The van der Waals surface area contributed by atoms with Crippen LogP contribution in [0.3, 0.4) is 0 Å². The van der Waals surface area contributed by atoms with Gasteiger partial charge in [-0.3, -0.25) is 0 Å². The number of pyridine rings is 2. The first-order valence-electron chi connectivity index (χ1n) is 9.69. The van der Waals surface area contributed by atoms with Crippen molar-refractivity contribution in [3.8, 4) is 0 Å². The van der Waals surface area contributed by atoms with E-state index in [0.29, 0.717) is 11.8 Å². The average molecular weight is 411 g/mol. The average Bonchev–Trinajstić information content (AvgIpc) is 2.72. The van der Waals surface area contributed by atoms with Crippen LogP contribution < -0.4 is 10.6 Å². The van der Waals surface area contributed by atoms with E-state index in [1.54, 1.807) is 25.6 Å². The van der Waals surface area contributed by atoms with Crippen molar-refractivity contribution in [3.05, 3.63) is 82.8 Å². The molecule has 2 N–H and O–H groups in total. The van der Waals surface area contributed by atoms with Gasteiger partial charge in [-0.1, -0.05) is 47.5 Å². The highest BCUT2D eigenvalue weighted by molar-refractivity contribution is 6.29. The molecule has 0 saturated carbocycles. The van der Waals surface area contributed by atoms with Crippen LogP contribution in [0.1, 0.15) is 29.7 Å². The first-order valence-corrected chi connectivity index (χ1v) is 10.1. The molecule has 0 spiro atoms. The number of hydrogen-bond donors (Lipinski definition) is 2. The van der Waals surface area contributed by atoms with Gasteiger partial charge < -0.3 is 15.4 Å². The van der Waals surface area contributed by atoms with Gasteiger partial charge in [-0.05, 0) is 49.6 Å². The van der Waals surface area contributed by atoms with Crippen LogP contribution in [0.2, 0.25) is 5.15 Å². The Labute approximate surface area is 177 Å². The summed E-state index contributed by atoms with van der Waals surface area (Å²) in [6.45, 7) is 4.76. The van der Waals surface area contributed by atoms with Crippen LogP contribution in [0.4, 0.5) is 11.5 Å².